The van der Waals surface area contributed by atoms with Crippen molar-refractivity contribution in [3.63, 3.8) is 0 Å². The van der Waals surface area contributed by atoms with Gasteiger partial charge in [-0.2, -0.15) is 0 Å². The van der Waals surface area contributed by atoms with Crippen LogP contribution in [0.4, 0.5) is 0 Å². The summed E-state index contributed by atoms with van der Waals surface area (Å²) in [5.74, 6) is 2.18. The zero-order valence-corrected chi connectivity index (χ0v) is 20.5. The summed E-state index contributed by atoms with van der Waals surface area (Å²) in [6, 6.07) is 6.52. The summed E-state index contributed by atoms with van der Waals surface area (Å²) in [5, 5.41) is 10.9. The predicted octanol–water partition coefficient (Wildman–Crippen LogP) is 4.43. The van der Waals surface area contributed by atoms with E-state index in [1.807, 2.05) is 19.2 Å². The van der Waals surface area contributed by atoms with Crippen molar-refractivity contribution in [2.75, 3.05) is 26.8 Å². The van der Waals surface area contributed by atoms with Crippen LogP contribution in [0.15, 0.2) is 35.1 Å². The molecule has 1 aromatic heterocycles. The second-order valence-corrected chi connectivity index (χ2v) is 12.2. The molecule has 6 atom stereocenters. The van der Waals surface area contributed by atoms with E-state index in [1.54, 1.807) is 12.5 Å². The lowest BCUT2D eigenvalue weighted by molar-refractivity contribution is -0.283. The molecule has 5 fully saturated rings. The number of likely N-dealkylation sites (tertiary alicyclic amines) is 1. The molecular weight excluding hydrogens is 442 g/mol. The molecular formula is C29H35NO5. The zero-order valence-electron chi connectivity index (χ0n) is 20.5. The van der Waals surface area contributed by atoms with Gasteiger partial charge < -0.3 is 23.7 Å². The molecule has 2 spiro atoms. The minimum atomic E-state index is -0.401. The maximum Gasteiger partial charge on any atom is 0.165 e. The zero-order chi connectivity index (χ0) is 23.4. The third-order valence-corrected chi connectivity index (χ3v) is 11.0. The molecule has 1 N–H and O–H groups in total. The lowest BCUT2D eigenvalue weighted by atomic mass is 9.35. The van der Waals surface area contributed by atoms with Gasteiger partial charge in [-0.15, -0.1) is 0 Å². The Hall–Kier alpha value is -2.02. The number of phenols is 1. The Labute approximate surface area is 206 Å². The van der Waals surface area contributed by atoms with Crippen LogP contribution in [0.2, 0.25) is 0 Å². The number of ether oxygens (including phenoxy) is 3. The van der Waals surface area contributed by atoms with Gasteiger partial charge in [0.05, 0.1) is 25.7 Å². The first-order valence-corrected chi connectivity index (χ1v) is 13.5. The van der Waals surface area contributed by atoms with Crippen LogP contribution in [0.3, 0.4) is 0 Å². The summed E-state index contributed by atoms with van der Waals surface area (Å²) in [5.41, 5.74) is 3.44. The fourth-order valence-corrected chi connectivity index (χ4v) is 9.44. The molecule has 4 bridgehead atoms. The van der Waals surface area contributed by atoms with Crippen molar-refractivity contribution in [2.24, 2.45) is 17.3 Å². The number of nitrogens with zero attached hydrogens (tertiary/aromatic N) is 1. The summed E-state index contributed by atoms with van der Waals surface area (Å²) in [6.45, 7) is 3.57. The number of fused-ring (bicyclic) bond motifs is 2. The summed E-state index contributed by atoms with van der Waals surface area (Å²) < 4.78 is 25.0. The highest BCUT2D eigenvalue weighted by atomic mass is 16.6. The normalized spacial score (nSPS) is 40.5. The fraction of sp³-hybridized carbons (Fsp3) is 0.655. The van der Waals surface area contributed by atoms with Gasteiger partial charge in [-0.05, 0) is 75.1 Å². The number of hydrogen-bond acceptors (Lipinski definition) is 6. The SMILES string of the molecule is CO[C@]12CC[C@@]3(C[C@H]1COCc1ccoc1)[C@H]1Cc4ccc(O)c5c4[C@@]3(CCN1CC1CC1)C2O5. The molecule has 2 aromatic rings. The minimum absolute atomic E-state index is 0.0713. The molecule has 186 valence electrons. The monoisotopic (exact) mass is 477 g/mol. The summed E-state index contributed by atoms with van der Waals surface area (Å²) in [7, 11) is 1.87. The van der Waals surface area contributed by atoms with E-state index in [4.69, 9.17) is 18.6 Å². The molecule has 0 amide bonds. The molecule has 9 rings (SSSR count). The van der Waals surface area contributed by atoms with Crippen LogP contribution in [-0.4, -0.2) is 54.6 Å². The third kappa shape index (κ3) is 2.51. The molecule has 1 saturated heterocycles. The van der Waals surface area contributed by atoms with E-state index in [9.17, 15) is 5.11 Å². The van der Waals surface area contributed by atoms with E-state index < -0.39 is 5.60 Å². The van der Waals surface area contributed by atoms with Crippen LogP contribution in [0.25, 0.3) is 0 Å². The second kappa shape index (κ2) is 7.05. The Morgan fingerprint density at radius 1 is 1.17 bits per heavy atom. The van der Waals surface area contributed by atoms with E-state index in [0.717, 1.165) is 49.5 Å². The first kappa shape index (κ1) is 21.1. The summed E-state index contributed by atoms with van der Waals surface area (Å²) in [4.78, 5) is 2.85. The van der Waals surface area contributed by atoms with Crippen molar-refractivity contribution in [1.29, 1.82) is 0 Å². The number of phenolic OH excluding ortho intramolecular Hbond substituents is 1. The van der Waals surface area contributed by atoms with Crippen molar-refractivity contribution in [2.45, 2.75) is 74.7 Å². The highest BCUT2D eigenvalue weighted by Gasteiger charge is 2.80. The van der Waals surface area contributed by atoms with Crippen LogP contribution in [0.5, 0.6) is 11.5 Å². The molecule has 5 aliphatic carbocycles. The van der Waals surface area contributed by atoms with Gasteiger partial charge in [0.15, 0.2) is 11.5 Å². The smallest absolute Gasteiger partial charge is 0.165 e. The average molecular weight is 478 g/mol. The number of piperidine rings is 1. The number of rotatable bonds is 7. The van der Waals surface area contributed by atoms with E-state index in [2.05, 4.69) is 11.0 Å². The Kier molecular flexibility index (Phi) is 4.25. The molecule has 3 heterocycles. The molecule has 1 aromatic carbocycles. The van der Waals surface area contributed by atoms with Gasteiger partial charge in [0.1, 0.15) is 11.7 Å². The van der Waals surface area contributed by atoms with Gasteiger partial charge >= 0.3 is 0 Å². The van der Waals surface area contributed by atoms with Gasteiger partial charge in [-0.3, -0.25) is 4.90 Å². The lowest BCUT2D eigenvalue weighted by Crippen LogP contribution is -2.81. The molecule has 0 radical (unpaired) electrons. The van der Waals surface area contributed by atoms with Gasteiger partial charge in [-0.1, -0.05) is 6.07 Å². The Morgan fingerprint density at radius 2 is 2.09 bits per heavy atom. The first-order valence-electron chi connectivity index (χ1n) is 13.5. The van der Waals surface area contributed by atoms with Gasteiger partial charge in [-0.25, -0.2) is 0 Å². The van der Waals surface area contributed by atoms with E-state index in [-0.39, 0.29) is 22.9 Å². The number of hydrogen-bond donors (Lipinski definition) is 1. The fourth-order valence-electron chi connectivity index (χ4n) is 9.44. The summed E-state index contributed by atoms with van der Waals surface area (Å²) >= 11 is 0. The number of benzene rings is 1. The standard InChI is InChI=1S/C29H35NO5/c1-32-29-8-7-27(13-21(29)17-34-16-19-6-11-33-15-19)23-12-20-4-5-22(31)25-24(20)28(27,26(29)35-25)9-10-30(23)14-18-2-3-18/h4-6,11,15,18,21,23,26,31H,2-3,7-10,12-14,16-17H2,1H3/t21-,23+,26?,27+,28-,29+/m0/s1. The number of aromatic hydroxyl groups is 1. The van der Waals surface area contributed by atoms with Gasteiger partial charge in [0, 0.05) is 47.6 Å². The molecule has 7 aliphatic rings. The van der Waals surface area contributed by atoms with Crippen LogP contribution in [0.1, 0.15) is 55.2 Å². The van der Waals surface area contributed by atoms with E-state index in [0.29, 0.717) is 25.0 Å². The van der Waals surface area contributed by atoms with Crippen molar-refractivity contribution >= 4 is 0 Å². The third-order valence-electron chi connectivity index (χ3n) is 11.0. The Bertz CT molecular complexity index is 1160. The minimum Gasteiger partial charge on any atom is -0.504 e. The van der Waals surface area contributed by atoms with Crippen molar-refractivity contribution < 1.29 is 23.7 Å². The van der Waals surface area contributed by atoms with Crippen LogP contribution >= 0.6 is 0 Å². The second-order valence-electron chi connectivity index (χ2n) is 12.2. The molecule has 35 heavy (non-hydrogen) atoms. The Morgan fingerprint density at radius 3 is 2.89 bits per heavy atom. The van der Waals surface area contributed by atoms with Crippen LogP contribution in [0, 0.1) is 17.3 Å². The molecule has 6 heteroatoms. The van der Waals surface area contributed by atoms with Crippen molar-refractivity contribution in [3.8, 4) is 11.5 Å². The van der Waals surface area contributed by atoms with E-state index >= 15 is 0 Å². The molecule has 2 aliphatic heterocycles. The molecule has 4 saturated carbocycles. The topological polar surface area (TPSA) is 64.3 Å². The number of methoxy groups -OCH3 is 1. The van der Waals surface area contributed by atoms with Crippen molar-refractivity contribution in [1.82, 2.24) is 4.90 Å². The number of furan rings is 1. The van der Waals surface area contributed by atoms with Crippen LogP contribution < -0.4 is 4.74 Å². The maximum absolute atomic E-state index is 10.9. The van der Waals surface area contributed by atoms with Gasteiger partial charge in [0.25, 0.3) is 0 Å². The molecule has 1 unspecified atom stereocenters. The van der Waals surface area contributed by atoms with Crippen LogP contribution in [-0.2, 0) is 27.9 Å². The van der Waals surface area contributed by atoms with Gasteiger partial charge in [0.2, 0.25) is 0 Å². The highest BCUT2D eigenvalue weighted by Crippen LogP contribution is 2.76. The average Bonchev–Trinajstić information content (AvgIpc) is 3.38. The first-order chi connectivity index (χ1) is 17.1. The largest absolute Gasteiger partial charge is 0.504 e. The quantitative estimate of drug-likeness (QED) is 0.637. The van der Waals surface area contributed by atoms with E-state index in [1.165, 1.54) is 36.9 Å². The molecule has 6 nitrogen and oxygen atoms in total. The summed E-state index contributed by atoms with van der Waals surface area (Å²) in [6.07, 6.45) is 11.6. The lowest BCUT2D eigenvalue weighted by Gasteiger charge is -2.74. The van der Waals surface area contributed by atoms with Crippen molar-refractivity contribution in [3.05, 3.63) is 47.4 Å². The maximum atomic E-state index is 10.9. The highest BCUT2D eigenvalue weighted by molar-refractivity contribution is 5.63. The predicted molar refractivity (Wildman–Crippen MR) is 128 cm³/mol. The Balaban J connectivity index is 1.24.